The highest BCUT2D eigenvalue weighted by molar-refractivity contribution is 7.91. The highest BCUT2D eigenvalue weighted by Crippen LogP contribution is 2.22. The Bertz CT molecular complexity index is 457. The van der Waals surface area contributed by atoms with Crippen LogP contribution >= 0.6 is 0 Å². The van der Waals surface area contributed by atoms with Gasteiger partial charge in [-0.25, -0.2) is 8.42 Å². The molecule has 1 unspecified atom stereocenters. The third-order valence-corrected chi connectivity index (χ3v) is 5.16. The van der Waals surface area contributed by atoms with Crippen LogP contribution in [0.3, 0.4) is 0 Å². The van der Waals surface area contributed by atoms with Gasteiger partial charge in [-0.1, -0.05) is 13.8 Å². The largest absolute Gasteiger partial charge is 0.481 e. The van der Waals surface area contributed by atoms with Gasteiger partial charge >= 0.3 is 5.97 Å². The molecule has 116 valence electrons. The number of carboxylic acid groups (broad SMARTS) is 1. The highest BCUT2D eigenvalue weighted by Gasteiger charge is 2.30. The number of hydrogen-bond acceptors (Lipinski definition) is 4. The molecule has 7 heteroatoms. The Kier molecular flexibility index (Phi) is 5.98. The van der Waals surface area contributed by atoms with Gasteiger partial charge in [0.25, 0.3) is 0 Å². The number of carbonyl (C=O) groups excluding carboxylic acids is 1. The van der Waals surface area contributed by atoms with Crippen molar-refractivity contribution in [1.82, 2.24) is 4.90 Å². The van der Waals surface area contributed by atoms with E-state index in [0.717, 1.165) is 0 Å². The molecule has 0 radical (unpaired) electrons. The van der Waals surface area contributed by atoms with Crippen molar-refractivity contribution in [2.24, 2.45) is 11.8 Å². The van der Waals surface area contributed by atoms with Gasteiger partial charge in [-0.05, 0) is 18.3 Å². The predicted molar refractivity (Wildman–Crippen MR) is 75.0 cm³/mol. The summed E-state index contributed by atoms with van der Waals surface area (Å²) < 4.78 is 22.8. The van der Waals surface area contributed by atoms with Crippen LogP contribution in [-0.4, -0.2) is 54.9 Å². The lowest BCUT2D eigenvalue weighted by Crippen LogP contribution is -2.37. The van der Waals surface area contributed by atoms with Crippen molar-refractivity contribution in [1.29, 1.82) is 0 Å². The van der Waals surface area contributed by atoms with E-state index in [1.807, 2.05) is 13.8 Å². The summed E-state index contributed by atoms with van der Waals surface area (Å²) in [6, 6.07) is 0. The van der Waals surface area contributed by atoms with Crippen molar-refractivity contribution in [3.63, 3.8) is 0 Å². The van der Waals surface area contributed by atoms with Crippen LogP contribution in [0.4, 0.5) is 0 Å². The van der Waals surface area contributed by atoms with Crippen LogP contribution in [0.5, 0.6) is 0 Å². The number of nitrogens with zero attached hydrogens (tertiary/aromatic N) is 1. The molecule has 6 nitrogen and oxygen atoms in total. The normalized spacial score (nSPS) is 21.1. The van der Waals surface area contributed by atoms with E-state index in [9.17, 15) is 18.0 Å². The average molecular weight is 305 g/mol. The number of carbonyl (C=O) groups is 2. The molecular formula is C13H23NO5S. The molecule has 0 bridgehead atoms. The summed E-state index contributed by atoms with van der Waals surface area (Å²) in [6.07, 6.45) is 0.648. The second kappa shape index (κ2) is 7.06. The molecule has 1 saturated heterocycles. The van der Waals surface area contributed by atoms with Crippen LogP contribution in [0.15, 0.2) is 0 Å². The van der Waals surface area contributed by atoms with Crippen LogP contribution in [-0.2, 0) is 19.4 Å². The van der Waals surface area contributed by atoms with Gasteiger partial charge in [0.15, 0.2) is 9.84 Å². The Labute approximate surface area is 120 Å². The van der Waals surface area contributed by atoms with Gasteiger partial charge in [0.1, 0.15) is 0 Å². The monoisotopic (exact) mass is 305 g/mol. The fraction of sp³-hybridized carbons (Fsp3) is 0.846. The van der Waals surface area contributed by atoms with Crippen molar-refractivity contribution in [2.75, 3.05) is 24.6 Å². The van der Waals surface area contributed by atoms with E-state index >= 15 is 0 Å². The first-order chi connectivity index (χ1) is 9.19. The minimum Gasteiger partial charge on any atom is -0.481 e. The lowest BCUT2D eigenvalue weighted by atomic mass is 10.0. The maximum absolute atomic E-state index is 12.2. The number of rotatable bonds is 7. The Balaban J connectivity index is 2.56. The number of sulfone groups is 1. The Morgan fingerprint density at radius 1 is 1.35 bits per heavy atom. The van der Waals surface area contributed by atoms with Gasteiger partial charge in [0, 0.05) is 19.5 Å². The van der Waals surface area contributed by atoms with Crippen LogP contribution in [0, 0.1) is 11.8 Å². The third-order valence-electron chi connectivity index (χ3n) is 3.32. The van der Waals surface area contributed by atoms with E-state index in [2.05, 4.69) is 0 Å². The molecule has 0 aromatic carbocycles. The molecule has 20 heavy (non-hydrogen) atoms. The number of hydrogen-bond donors (Lipinski definition) is 1. The van der Waals surface area contributed by atoms with E-state index in [-0.39, 0.29) is 48.6 Å². The fourth-order valence-corrected chi connectivity index (χ4v) is 4.26. The molecule has 1 N–H and O–H groups in total. The van der Waals surface area contributed by atoms with Gasteiger partial charge in [0.05, 0.1) is 17.9 Å². The Morgan fingerprint density at radius 3 is 2.45 bits per heavy atom. The van der Waals surface area contributed by atoms with Crippen LogP contribution < -0.4 is 0 Å². The maximum atomic E-state index is 12.2. The third kappa shape index (κ3) is 5.90. The average Bonchev–Trinajstić information content (AvgIpc) is 2.63. The molecule has 0 aromatic heterocycles. The zero-order valence-electron chi connectivity index (χ0n) is 12.0. The highest BCUT2D eigenvalue weighted by atomic mass is 32.2. The van der Waals surface area contributed by atoms with E-state index in [0.29, 0.717) is 13.0 Å². The SMILES string of the molecule is CC(C)CN(CCC(=O)O)C(=O)CC1CCS(=O)(=O)C1. The fourth-order valence-electron chi connectivity index (χ4n) is 2.40. The molecule has 0 aliphatic carbocycles. The summed E-state index contributed by atoms with van der Waals surface area (Å²) in [6.45, 7) is 4.61. The first-order valence-electron chi connectivity index (χ1n) is 6.89. The van der Waals surface area contributed by atoms with Gasteiger partial charge in [0.2, 0.25) is 5.91 Å². The molecule has 1 aliphatic rings. The molecule has 0 aromatic rings. The second-order valence-electron chi connectivity index (χ2n) is 5.85. The van der Waals surface area contributed by atoms with Gasteiger partial charge in [-0.3, -0.25) is 9.59 Å². The summed E-state index contributed by atoms with van der Waals surface area (Å²) in [7, 11) is -2.98. The molecule has 1 aliphatic heterocycles. The molecule has 1 amide bonds. The molecule has 0 spiro atoms. The zero-order valence-corrected chi connectivity index (χ0v) is 12.9. The minimum atomic E-state index is -2.98. The topological polar surface area (TPSA) is 91.8 Å². The van der Waals surface area contributed by atoms with Gasteiger partial charge in [-0.2, -0.15) is 0 Å². The molecule has 1 fully saturated rings. The van der Waals surface area contributed by atoms with Gasteiger partial charge < -0.3 is 10.0 Å². The van der Waals surface area contributed by atoms with Crippen molar-refractivity contribution in [2.45, 2.75) is 33.1 Å². The van der Waals surface area contributed by atoms with Crippen molar-refractivity contribution >= 4 is 21.7 Å². The Hall–Kier alpha value is -1.11. The maximum Gasteiger partial charge on any atom is 0.305 e. The zero-order chi connectivity index (χ0) is 15.3. The molecular weight excluding hydrogens is 282 g/mol. The van der Waals surface area contributed by atoms with E-state index < -0.39 is 15.8 Å². The predicted octanol–water partition coefficient (Wildman–Crippen LogP) is 0.770. The number of carboxylic acids is 1. The molecule has 1 rings (SSSR count). The Morgan fingerprint density at radius 2 is 2.00 bits per heavy atom. The van der Waals surface area contributed by atoms with Crippen LogP contribution in [0.25, 0.3) is 0 Å². The molecule has 1 atom stereocenters. The number of amides is 1. The molecule has 0 saturated carbocycles. The quantitative estimate of drug-likeness (QED) is 0.750. The van der Waals surface area contributed by atoms with Crippen molar-refractivity contribution < 1.29 is 23.1 Å². The first-order valence-corrected chi connectivity index (χ1v) is 8.71. The summed E-state index contributed by atoms with van der Waals surface area (Å²) in [5.41, 5.74) is 0. The molecule has 1 heterocycles. The van der Waals surface area contributed by atoms with E-state index in [1.54, 1.807) is 4.90 Å². The summed E-state index contributed by atoms with van der Waals surface area (Å²) in [5.74, 6) is -0.707. The van der Waals surface area contributed by atoms with Crippen LogP contribution in [0.1, 0.15) is 33.1 Å². The summed E-state index contributed by atoms with van der Waals surface area (Å²) >= 11 is 0. The summed E-state index contributed by atoms with van der Waals surface area (Å²) in [4.78, 5) is 24.4. The number of aliphatic carboxylic acids is 1. The second-order valence-corrected chi connectivity index (χ2v) is 8.08. The van der Waals surface area contributed by atoms with Crippen molar-refractivity contribution in [3.05, 3.63) is 0 Å². The standard InChI is InChI=1S/C13H23NO5S/c1-10(2)8-14(5-3-13(16)17)12(15)7-11-4-6-20(18,19)9-11/h10-11H,3-9H2,1-2H3,(H,16,17). The van der Waals surface area contributed by atoms with Gasteiger partial charge in [-0.15, -0.1) is 0 Å². The minimum absolute atomic E-state index is 0.0766. The van der Waals surface area contributed by atoms with E-state index in [1.165, 1.54) is 0 Å². The first kappa shape index (κ1) is 16.9. The van der Waals surface area contributed by atoms with Crippen LogP contribution in [0.2, 0.25) is 0 Å². The van der Waals surface area contributed by atoms with E-state index in [4.69, 9.17) is 5.11 Å². The van der Waals surface area contributed by atoms with Crippen molar-refractivity contribution in [3.8, 4) is 0 Å². The lowest BCUT2D eigenvalue weighted by molar-refractivity contribution is -0.138. The lowest BCUT2D eigenvalue weighted by Gasteiger charge is -2.25. The smallest absolute Gasteiger partial charge is 0.305 e. The summed E-state index contributed by atoms with van der Waals surface area (Å²) in [5, 5.41) is 8.71.